The maximum Gasteiger partial charge on any atom is 0.129 e. The summed E-state index contributed by atoms with van der Waals surface area (Å²) in [5, 5.41) is 10.2. The molecule has 0 aromatic heterocycles. The number of likely N-dealkylation sites (N-methyl/N-ethyl adjacent to an activating group) is 2. The predicted octanol–water partition coefficient (Wildman–Crippen LogP) is 2.13. The lowest BCUT2D eigenvalue weighted by atomic mass is 10.1. The molecule has 0 saturated heterocycles. The summed E-state index contributed by atoms with van der Waals surface area (Å²) in [6.07, 6.45) is -0.786. The van der Waals surface area contributed by atoms with Gasteiger partial charge in [-0.15, -0.1) is 0 Å². The summed E-state index contributed by atoms with van der Waals surface area (Å²) in [6.45, 7) is 6.38. The fraction of sp³-hybridized carbons (Fsp3) is 0.600. The molecule has 0 amide bonds. The fourth-order valence-electron chi connectivity index (χ4n) is 2.33. The highest BCUT2D eigenvalue weighted by Gasteiger charge is 2.19. The van der Waals surface area contributed by atoms with Crippen molar-refractivity contribution in [3.63, 3.8) is 0 Å². The largest absolute Gasteiger partial charge is 0.387 e. The maximum absolute atomic E-state index is 13.6. The lowest BCUT2D eigenvalue weighted by Crippen LogP contribution is -2.42. The molecule has 0 radical (unpaired) electrons. The van der Waals surface area contributed by atoms with Gasteiger partial charge >= 0.3 is 0 Å². The van der Waals surface area contributed by atoms with Gasteiger partial charge in [0.2, 0.25) is 0 Å². The molecule has 1 rings (SSSR count). The molecule has 0 bridgehead atoms. The van der Waals surface area contributed by atoms with Gasteiger partial charge in [0.1, 0.15) is 5.82 Å². The normalized spacial score (nSPS) is 14.9. The Hall–Kier alpha value is -0.970. The molecule has 0 saturated carbocycles. The molecule has 108 valence electrons. The molecule has 0 aliphatic rings. The first-order valence-corrected chi connectivity index (χ1v) is 6.77. The highest BCUT2D eigenvalue weighted by Crippen LogP contribution is 2.18. The number of benzene rings is 1. The molecule has 1 aromatic rings. The van der Waals surface area contributed by atoms with Crippen LogP contribution in [0.5, 0.6) is 0 Å². The van der Waals surface area contributed by atoms with Gasteiger partial charge in [-0.3, -0.25) is 4.90 Å². The van der Waals surface area contributed by atoms with Gasteiger partial charge in [-0.1, -0.05) is 25.1 Å². The minimum atomic E-state index is -0.786. The molecule has 1 aromatic carbocycles. The average molecular weight is 268 g/mol. The van der Waals surface area contributed by atoms with Crippen LogP contribution in [0.4, 0.5) is 4.39 Å². The monoisotopic (exact) mass is 268 g/mol. The highest BCUT2D eigenvalue weighted by atomic mass is 19.1. The standard InChI is InChI=1S/C15H25FN2O/c1-5-18(12(2)10-17(3)4)11-15(19)13-8-6-7-9-14(13)16/h6-9,12,15,19H,5,10-11H2,1-4H3. The Balaban J connectivity index is 2.68. The van der Waals surface area contributed by atoms with Gasteiger partial charge in [-0.05, 0) is 33.6 Å². The molecule has 2 atom stereocenters. The molecule has 0 aliphatic carbocycles. The minimum Gasteiger partial charge on any atom is -0.387 e. The van der Waals surface area contributed by atoms with E-state index in [0.29, 0.717) is 18.2 Å². The van der Waals surface area contributed by atoms with E-state index < -0.39 is 6.10 Å². The molecular weight excluding hydrogens is 243 g/mol. The van der Waals surface area contributed by atoms with Crippen molar-refractivity contribution in [1.82, 2.24) is 9.80 Å². The van der Waals surface area contributed by atoms with Crippen LogP contribution in [-0.2, 0) is 0 Å². The smallest absolute Gasteiger partial charge is 0.129 e. The third kappa shape index (κ3) is 4.90. The minimum absolute atomic E-state index is 0.321. The zero-order chi connectivity index (χ0) is 14.4. The first kappa shape index (κ1) is 16.1. The number of halogens is 1. The Morgan fingerprint density at radius 2 is 1.84 bits per heavy atom. The van der Waals surface area contributed by atoms with Crippen LogP contribution in [0.2, 0.25) is 0 Å². The van der Waals surface area contributed by atoms with Crippen molar-refractivity contribution in [1.29, 1.82) is 0 Å². The van der Waals surface area contributed by atoms with Crippen molar-refractivity contribution in [2.24, 2.45) is 0 Å². The second-order valence-electron chi connectivity index (χ2n) is 5.24. The van der Waals surface area contributed by atoms with E-state index in [0.717, 1.165) is 13.1 Å². The van der Waals surface area contributed by atoms with Gasteiger partial charge < -0.3 is 10.0 Å². The van der Waals surface area contributed by atoms with E-state index in [4.69, 9.17) is 0 Å². The van der Waals surface area contributed by atoms with E-state index in [1.807, 2.05) is 14.1 Å². The van der Waals surface area contributed by atoms with Crippen LogP contribution in [0.1, 0.15) is 25.5 Å². The van der Waals surface area contributed by atoms with Crippen molar-refractivity contribution in [3.8, 4) is 0 Å². The Morgan fingerprint density at radius 1 is 1.21 bits per heavy atom. The number of hydrogen-bond acceptors (Lipinski definition) is 3. The lowest BCUT2D eigenvalue weighted by Gasteiger charge is -2.31. The molecule has 4 heteroatoms. The average Bonchev–Trinajstić information content (AvgIpc) is 2.35. The van der Waals surface area contributed by atoms with Crippen LogP contribution in [0.3, 0.4) is 0 Å². The summed E-state index contributed by atoms with van der Waals surface area (Å²) in [7, 11) is 4.05. The number of aliphatic hydroxyl groups excluding tert-OH is 1. The van der Waals surface area contributed by atoms with Crippen LogP contribution in [0, 0.1) is 5.82 Å². The van der Waals surface area contributed by atoms with E-state index in [9.17, 15) is 9.50 Å². The zero-order valence-electron chi connectivity index (χ0n) is 12.3. The predicted molar refractivity (Wildman–Crippen MR) is 76.6 cm³/mol. The third-order valence-electron chi connectivity index (χ3n) is 3.33. The van der Waals surface area contributed by atoms with Crippen molar-refractivity contribution in [3.05, 3.63) is 35.6 Å². The zero-order valence-corrected chi connectivity index (χ0v) is 12.3. The SMILES string of the molecule is CCN(CC(O)c1ccccc1F)C(C)CN(C)C. The van der Waals surface area contributed by atoms with Crippen LogP contribution in [0.15, 0.2) is 24.3 Å². The molecule has 1 N–H and O–H groups in total. The topological polar surface area (TPSA) is 26.7 Å². The molecule has 0 spiro atoms. The molecule has 0 heterocycles. The molecular formula is C15H25FN2O. The molecule has 3 nitrogen and oxygen atoms in total. The Morgan fingerprint density at radius 3 is 2.37 bits per heavy atom. The van der Waals surface area contributed by atoms with Crippen LogP contribution < -0.4 is 0 Å². The number of rotatable bonds is 7. The van der Waals surface area contributed by atoms with Gasteiger partial charge in [-0.25, -0.2) is 4.39 Å². The summed E-state index contributed by atoms with van der Waals surface area (Å²) >= 11 is 0. The first-order chi connectivity index (χ1) is 8.95. The quantitative estimate of drug-likeness (QED) is 0.820. The number of hydrogen-bond donors (Lipinski definition) is 1. The van der Waals surface area contributed by atoms with E-state index in [1.165, 1.54) is 6.07 Å². The number of aliphatic hydroxyl groups is 1. The van der Waals surface area contributed by atoms with Gasteiger partial charge in [0, 0.05) is 24.7 Å². The van der Waals surface area contributed by atoms with Crippen molar-refractivity contribution < 1.29 is 9.50 Å². The molecule has 0 fully saturated rings. The van der Waals surface area contributed by atoms with Gasteiger partial charge in [0.05, 0.1) is 6.10 Å². The third-order valence-corrected chi connectivity index (χ3v) is 3.33. The Kier molecular flexibility index (Phi) is 6.42. The molecule has 0 aliphatic heterocycles. The Labute approximate surface area is 115 Å². The van der Waals surface area contributed by atoms with E-state index in [2.05, 4.69) is 23.6 Å². The van der Waals surface area contributed by atoms with Crippen molar-refractivity contribution in [2.75, 3.05) is 33.7 Å². The number of nitrogens with zero attached hydrogens (tertiary/aromatic N) is 2. The van der Waals surface area contributed by atoms with Crippen molar-refractivity contribution >= 4 is 0 Å². The fourth-order valence-corrected chi connectivity index (χ4v) is 2.33. The molecule has 2 unspecified atom stereocenters. The summed E-state index contributed by atoms with van der Waals surface area (Å²) in [5.41, 5.74) is 0.373. The Bertz CT molecular complexity index is 384. The van der Waals surface area contributed by atoms with Gasteiger partial charge in [0.15, 0.2) is 0 Å². The second-order valence-corrected chi connectivity index (χ2v) is 5.24. The van der Waals surface area contributed by atoms with Gasteiger partial charge in [-0.2, -0.15) is 0 Å². The summed E-state index contributed by atoms with van der Waals surface area (Å²) in [5.74, 6) is -0.341. The molecule has 19 heavy (non-hydrogen) atoms. The van der Waals surface area contributed by atoms with E-state index >= 15 is 0 Å². The lowest BCUT2D eigenvalue weighted by molar-refractivity contribution is 0.0837. The van der Waals surface area contributed by atoms with Crippen LogP contribution in [-0.4, -0.2) is 54.7 Å². The van der Waals surface area contributed by atoms with Gasteiger partial charge in [0.25, 0.3) is 0 Å². The van der Waals surface area contributed by atoms with E-state index in [1.54, 1.807) is 18.2 Å². The summed E-state index contributed by atoms with van der Waals surface area (Å²) in [4.78, 5) is 4.28. The maximum atomic E-state index is 13.6. The first-order valence-electron chi connectivity index (χ1n) is 6.77. The van der Waals surface area contributed by atoms with E-state index in [-0.39, 0.29) is 5.82 Å². The van der Waals surface area contributed by atoms with Crippen LogP contribution in [0.25, 0.3) is 0 Å². The van der Waals surface area contributed by atoms with Crippen LogP contribution >= 0.6 is 0 Å². The second kappa shape index (κ2) is 7.58. The highest BCUT2D eigenvalue weighted by molar-refractivity contribution is 5.20. The summed E-state index contributed by atoms with van der Waals surface area (Å²) < 4.78 is 13.6. The van der Waals surface area contributed by atoms with Crippen molar-refractivity contribution in [2.45, 2.75) is 26.0 Å². The summed E-state index contributed by atoms with van der Waals surface area (Å²) in [6, 6.07) is 6.74.